The number of hydrogen-bond donors (Lipinski definition) is 2. The van der Waals surface area contributed by atoms with Crippen LogP contribution in [0.1, 0.15) is 21.5 Å². The molecular weight excluding hydrogens is 154 g/mol. The number of aryl methyl sites for hydroxylation is 1. The van der Waals surface area contributed by atoms with Crippen LogP contribution < -0.4 is 5.73 Å². The first-order chi connectivity index (χ1) is 5.65. The zero-order valence-electron chi connectivity index (χ0n) is 6.87. The van der Waals surface area contributed by atoms with E-state index in [4.69, 9.17) is 10.8 Å². The molecule has 0 spiro atoms. The summed E-state index contributed by atoms with van der Waals surface area (Å²) >= 11 is 0. The van der Waals surface area contributed by atoms with Crippen LogP contribution in [0.3, 0.4) is 0 Å². The van der Waals surface area contributed by atoms with Crippen LogP contribution in [0.15, 0.2) is 18.2 Å². The number of carbonyl (C=O) groups is 1. The molecular formula is C9H11NO2. The Bertz CT molecular complexity index is 307. The van der Waals surface area contributed by atoms with Gasteiger partial charge in [0.15, 0.2) is 0 Å². The topological polar surface area (TPSA) is 63.3 Å². The molecule has 0 atom stereocenters. The van der Waals surface area contributed by atoms with Crippen LogP contribution in [0.4, 0.5) is 0 Å². The maximum atomic E-state index is 10.5. The maximum Gasteiger partial charge on any atom is 0.335 e. The van der Waals surface area contributed by atoms with Crippen molar-refractivity contribution in [2.24, 2.45) is 5.73 Å². The second kappa shape index (κ2) is 3.36. The molecule has 0 heterocycles. The first-order valence-electron chi connectivity index (χ1n) is 3.68. The molecule has 0 radical (unpaired) electrons. The summed E-state index contributed by atoms with van der Waals surface area (Å²) in [5.41, 5.74) is 7.63. The quantitative estimate of drug-likeness (QED) is 0.691. The van der Waals surface area contributed by atoms with Gasteiger partial charge in [0, 0.05) is 6.54 Å². The third kappa shape index (κ3) is 1.62. The molecule has 0 bridgehead atoms. The molecule has 0 aliphatic rings. The van der Waals surface area contributed by atoms with Crippen LogP contribution in [0.5, 0.6) is 0 Å². The van der Waals surface area contributed by atoms with Crippen molar-refractivity contribution in [3.05, 3.63) is 34.9 Å². The van der Waals surface area contributed by atoms with E-state index < -0.39 is 5.97 Å². The van der Waals surface area contributed by atoms with Gasteiger partial charge >= 0.3 is 5.97 Å². The SMILES string of the molecule is Cc1ccc(C(=O)O)cc1CN. The van der Waals surface area contributed by atoms with Gasteiger partial charge in [-0.15, -0.1) is 0 Å². The summed E-state index contributed by atoms with van der Waals surface area (Å²) in [6.45, 7) is 2.29. The molecule has 3 heteroatoms. The Balaban J connectivity index is 3.13. The van der Waals surface area contributed by atoms with E-state index >= 15 is 0 Å². The molecule has 1 aromatic carbocycles. The Kier molecular flexibility index (Phi) is 2.45. The molecule has 0 unspecified atom stereocenters. The zero-order valence-corrected chi connectivity index (χ0v) is 6.87. The zero-order chi connectivity index (χ0) is 9.14. The van der Waals surface area contributed by atoms with Crippen molar-refractivity contribution in [3.8, 4) is 0 Å². The number of hydrogen-bond acceptors (Lipinski definition) is 2. The van der Waals surface area contributed by atoms with Crippen LogP contribution in [0, 0.1) is 6.92 Å². The number of nitrogens with two attached hydrogens (primary N) is 1. The van der Waals surface area contributed by atoms with E-state index in [0.29, 0.717) is 12.1 Å². The van der Waals surface area contributed by atoms with Crippen LogP contribution in [0.2, 0.25) is 0 Å². The molecule has 0 saturated heterocycles. The van der Waals surface area contributed by atoms with Crippen LogP contribution in [-0.2, 0) is 6.54 Å². The van der Waals surface area contributed by atoms with Crippen molar-refractivity contribution >= 4 is 5.97 Å². The number of benzene rings is 1. The highest BCUT2D eigenvalue weighted by Crippen LogP contribution is 2.10. The molecule has 3 nitrogen and oxygen atoms in total. The van der Waals surface area contributed by atoms with E-state index in [2.05, 4.69) is 0 Å². The van der Waals surface area contributed by atoms with Crippen LogP contribution >= 0.6 is 0 Å². The third-order valence-corrected chi connectivity index (χ3v) is 1.82. The van der Waals surface area contributed by atoms with Gasteiger partial charge in [0.25, 0.3) is 0 Å². The predicted molar refractivity (Wildman–Crippen MR) is 46.0 cm³/mol. The first kappa shape index (κ1) is 8.74. The van der Waals surface area contributed by atoms with Gasteiger partial charge in [-0.1, -0.05) is 6.07 Å². The van der Waals surface area contributed by atoms with E-state index in [1.807, 2.05) is 6.92 Å². The minimum atomic E-state index is -0.912. The summed E-state index contributed by atoms with van der Waals surface area (Å²) in [6.07, 6.45) is 0. The number of aromatic carboxylic acids is 1. The van der Waals surface area contributed by atoms with E-state index in [1.54, 1.807) is 18.2 Å². The average Bonchev–Trinajstić information content (AvgIpc) is 2.05. The molecule has 0 amide bonds. The smallest absolute Gasteiger partial charge is 0.335 e. The maximum absolute atomic E-state index is 10.5. The Morgan fingerprint density at radius 1 is 1.58 bits per heavy atom. The lowest BCUT2D eigenvalue weighted by Crippen LogP contribution is -2.03. The number of carboxylic acids is 1. The van der Waals surface area contributed by atoms with E-state index in [9.17, 15) is 4.79 Å². The molecule has 0 fully saturated rings. The number of carboxylic acid groups (broad SMARTS) is 1. The van der Waals surface area contributed by atoms with Crippen molar-refractivity contribution in [3.63, 3.8) is 0 Å². The Hall–Kier alpha value is -1.35. The lowest BCUT2D eigenvalue weighted by atomic mass is 10.1. The molecule has 12 heavy (non-hydrogen) atoms. The lowest BCUT2D eigenvalue weighted by Gasteiger charge is -2.03. The fraction of sp³-hybridized carbons (Fsp3) is 0.222. The highest BCUT2D eigenvalue weighted by Gasteiger charge is 2.04. The van der Waals surface area contributed by atoms with Crippen LogP contribution in [-0.4, -0.2) is 11.1 Å². The summed E-state index contributed by atoms with van der Waals surface area (Å²) in [4.78, 5) is 10.5. The molecule has 0 saturated carbocycles. The Labute approximate surface area is 70.8 Å². The molecule has 64 valence electrons. The minimum Gasteiger partial charge on any atom is -0.478 e. The van der Waals surface area contributed by atoms with E-state index in [0.717, 1.165) is 11.1 Å². The van der Waals surface area contributed by atoms with E-state index in [1.165, 1.54) is 0 Å². The van der Waals surface area contributed by atoms with Crippen molar-refractivity contribution in [1.82, 2.24) is 0 Å². The van der Waals surface area contributed by atoms with Crippen molar-refractivity contribution in [2.75, 3.05) is 0 Å². The molecule has 3 N–H and O–H groups in total. The summed E-state index contributed by atoms with van der Waals surface area (Å²) in [5.74, 6) is -0.912. The highest BCUT2D eigenvalue weighted by molar-refractivity contribution is 5.87. The summed E-state index contributed by atoms with van der Waals surface area (Å²) in [6, 6.07) is 4.96. The minimum absolute atomic E-state index is 0.293. The standard InChI is InChI=1S/C9H11NO2/c1-6-2-3-7(9(11)12)4-8(6)5-10/h2-4H,5,10H2,1H3,(H,11,12). The van der Waals surface area contributed by atoms with Crippen molar-refractivity contribution in [1.29, 1.82) is 0 Å². The third-order valence-electron chi connectivity index (χ3n) is 1.82. The van der Waals surface area contributed by atoms with Crippen LogP contribution in [0.25, 0.3) is 0 Å². The normalized spacial score (nSPS) is 9.83. The van der Waals surface area contributed by atoms with Gasteiger partial charge in [0.1, 0.15) is 0 Å². The molecule has 0 aromatic heterocycles. The van der Waals surface area contributed by atoms with Gasteiger partial charge in [-0.25, -0.2) is 4.79 Å². The second-order valence-electron chi connectivity index (χ2n) is 2.65. The van der Waals surface area contributed by atoms with Gasteiger partial charge in [0.05, 0.1) is 5.56 Å². The van der Waals surface area contributed by atoms with Gasteiger partial charge in [-0.3, -0.25) is 0 Å². The van der Waals surface area contributed by atoms with Gasteiger partial charge in [-0.2, -0.15) is 0 Å². The molecule has 1 rings (SSSR count). The van der Waals surface area contributed by atoms with Crippen molar-refractivity contribution in [2.45, 2.75) is 13.5 Å². The number of rotatable bonds is 2. The second-order valence-corrected chi connectivity index (χ2v) is 2.65. The molecule has 0 aliphatic carbocycles. The summed E-state index contributed by atoms with van der Waals surface area (Å²) < 4.78 is 0. The predicted octanol–water partition coefficient (Wildman–Crippen LogP) is 1.15. The summed E-state index contributed by atoms with van der Waals surface area (Å²) in [5, 5.41) is 8.65. The van der Waals surface area contributed by atoms with E-state index in [-0.39, 0.29) is 0 Å². The largest absolute Gasteiger partial charge is 0.478 e. The Morgan fingerprint density at radius 2 is 2.25 bits per heavy atom. The molecule has 0 aliphatic heterocycles. The van der Waals surface area contributed by atoms with Gasteiger partial charge < -0.3 is 10.8 Å². The van der Waals surface area contributed by atoms with Gasteiger partial charge in [0.2, 0.25) is 0 Å². The fourth-order valence-corrected chi connectivity index (χ4v) is 1.02. The average molecular weight is 165 g/mol. The molecule has 1 aromatic rings. The van der Waals surface area contributed by atoms with Crippen molar-refractivity contribution < 1.29 is 9.90 Å². The highest BCUT2D eigenvalue weighted by atomic mass is 16.4. The summed E-state index contributed by atoms with van der Waals surface area (Å²) in [7, 11) is 0. The van der Waals surface area contributed by atoms with Gasteiger partial charge in [-0.05, 0) is 30.2 Å². The lowest BCUT2D eigenvalue weighted by molar-refractivity contribution is 0.0697. The fourth-order valence-electron chi connectivity index (χ4n) is 1.02. The monoisotopic (exact) mass is 165 g/mol. The first-order valence-corrected chi connectivity index (χ1v) is 3.68. The Morgan fingerprint density at radius 3 is 2.75 bits per heavy atom.